The molecule has 0 N–H and O–H groups in total. The van der Waals surface area contributed by atoms with E-state index in [0.717, 1.165) is 5.56 Å². The number of allylic oxidation sites excluding steroid dienone is 1. The van der Waals surface area contributed by atoms with Crippen LogP contribution >= 0.6 is 23.2 Å². The molecule has 0 aliphatic heterocycles. The third-order valence-corrected chi connectivity index (χ3v) is 4.70. The second-order valence-electron chi connectivity index (χ2n) is 5.97. The molecular weight excluding hydrogens is 393 g/mol. The van der Waals surface area contributed by atoms with E-state index in [1.807, 2.05) is 24.3 Å². The van der Waals surface area contributed by atoms with E-state index < -0.39 is 0 Å². The zero-order valence-electron chi connectivity index (χ0n) is 14.7. The van der Waals surface area contributed by atoms with Gasteiger partial charge in [-0.2, -0.15) is 5.26 Å². The molecule has 3 nitrogen and oxygen atoms in total. The van der Waals surface area contributed by atoms with E-state index in [9.17, 15) is 10.1 Å². The number of rotatable bonds is 6. The molecule has 0 heterocycles. The highest BCUT2D eigenvalue weighted by Gasteiger charge is 2.11. The van der Waals surface area contributed by atoms with Gasteiger partial charge in [-0.1, -0.05) is 71.7 Å². The third kappa shape index (κ3) is 5.01. The van der Waals surface area contributed by atoms with Crippen LogP contribution in [0, 0.1) is 11.3 Å². The first-order chi connectivity index (χ1) is 13.6. The van der Waals surface area contributed by atoms with E-state index in [1.54, 1.807) is 60.7 Å². The van der Waals surface area contributed by atoms with Crippen molar-refractivity contribution < 1.29 is 9.53 Å². The average Bonchev–Trinajstić information content (AvgIpc) is 2.73. The largest absolute Gasteiger partial charge is 0.489 e. The molecule has 3 aromatic carbocycles. The zero-order valence-corrected chi connectivity index (χ0v) is 16.2. The van der Waals surface area contributed by atoms with Gasteiger partial charge in [-0.05, 0) is 41.5 Å². The molecule has 5 heteroatoms. The highest BCUT2D eigenvalue weighted by molar-refractivity contribution is 6.42. The van der Waals surface area contributed by atoms with Crippen molar-refractivity contribution in [1.29, 1.82) is 5.26 Å². The maximum Gasteiger partial charge on any atom is 0.203 e. The smallest absolute Gasteiger partial charge is 0.203 e. The lowest BCUT2D eigenvalue weighted by molar-refractivity contribution is 0.104. The van der Waals surface area contributed by atoms with Crippen LogP contribution in [0.4, 0.5) is 0 Å². The van der Waals surface area contributed by atoms with Gasteiger partial charge in [-0.25, -0.2) is 0 Å². The lowest BCUT2D eigenvalue weighted by atomic mass is 10.0. The molecule has 0 aliphatic rings. The molecule has 3 aromatic rings. The molecule has 0 aliphatic carbocycles. The van der Waals surface area contributed by atoms with Gasteiger partial charge in [0.1, 0.15) is 24.0 Å². The summed E-state index contributed by atoms with van der Waals surface area (Å²) in [5, 5.41) is 10.4. The van der Waals surface area contributed by atoms with Gasteiger partial charge in [0.25, 0.3) is 0 Å². The normalized spacial score (nSPS) is 11.0. The molecule has 28 heavy (non-hydrogen) atoms. The first-order valence-corrected chi connectivity index (χ1v) is 9.21. The summed E-state index contributed by atoms with van der Waals surface area (Å²) in [6.07, 6.45) is 1.56. The minimum Gasteiger partial charge on any atom is -0.489 e. The quantitative estimate of drug-likeness (QED) is 0.271. The second-order valence-corrected chi connectivity index (χ2v) is 6.79. The van der Waals surface area contributed by atoms with Crippen LogP contribution in [-0.2, 0) is 6.61 Å². The number of ketones is 1. The van der Waals surface area contributed by atoms with Crippen molar-refractivity contribution in [2.24, 2.45) is 0 Å². The van der Waals surface area contributed by atoms with Crippen molar-refractivity contribution in [3.05, 3.63) is 105 Å². The van der Waals surface area contributed by atoms with Crippen LogP contribution in [0.25, 0.3) is 6.08 Å². The molecular formula is C23H15Cl2NO2. The summed E-state index contributed by atoms with van der Waals surface area (Å²) in [7, 11) is 0. The summed E-state index contributed by atoms with van der Waals surface area (Å²) in [6.45, 7) is 0.318. The predicted molar refractivity (Wildman–Crippen MR) is 112 cm³/mol. The van der Waals surface area contributed by atoms with Gasteiger partial charge in [-0.3, -0.25) is 4.79 Å². The summed E-state index contributed by atoms with van der Waals surface area (Å²) in [6, 6.07) is 23.2. The van der Waals surface area contributed by atoms with E-state index in [0.29, 0.717) is 33.5 Å². The zero-order chi connectivity index (χ0) is 19.9. The van der Waals surface area contributed by atoms with Crippen molar-refractivity contribution in [3.8, 4) is 11.8 Å². The maximum absolute atomic E-state index is 12.5. The van der Waals surface area contributed by atoms with Gasteiger partial charge >= 0.3 is 0 Å². The fourth-order valence-electron chi connectivity index (χ4n) is 2.55. The SMILES string of the molecule is N#C/C(=C\c1cccc(OCc2ccc(Cl)c(Cl)c2)c1)C(=O)c1ccccc1. The minimum absolute atomic E-state index is 0.0628. The number of nitriles is 1. The minimum atomic E-state index is -0.315. The second kappa shape index (κ2) is 9.23. The number of halogens is 2. The summed E-state index contributed by atoms with van der Waals surface area (Å²) >= 11 is 11.9. The van der Waals surface area contributed by atoms with Crippen LogP contribution in [-0.4, -0.2) is 5.78 Å². The van der Waals surface area contributed by atoms with E-state index in [2.05, 4.69) is 0 Å². The Bertz CT molecular complexity index is 1070. The molecule has 0 amide bonds. The molecule has 0 saturated heterocycles. The van der Waals surface area contributed by atoms with Crippen molar-refractivity contribution in [2.45, 2.75) is 6.61 Å². The van der Waals surface area contributed by atoms with Crippen LogP contribution in [0.2, 0.25) is 10.0 Å². The number of ether oxygens (including phenoxy) is 1. The van der Waals surface area contributed by atoms with Gasteiger partial charge in [0.15, 0.2) is 0 Å². The molecule has 0 atom stereocenters. The summed E-state index contributed by atoms with van der Waals surface area (Å²) in [4.78, 5) is 12.5. The van der Waals surface area contributed by atoms with E-state index in [4.69, 9.17) is 27.9 Å². The average molecular weight is 408 g/mol. The Labute approximate surface area is 173 Å². The fourth-order valence-corrected chi connectivity index (χ4v) is 2.87. The number of carbonyl (C=O) groups excluding carboxylic acids is 1. The van der Waals surface area contributed by atoms with Crippen molar-refractivity contribution in [3.63, 3.8) is 0 Å². The molecule has 0 unspecified atom stereocenters. The van der Waals surface area contributed by atoms with Crippen LogP contribution in [0.3, 0.4) is 0 Å². The number of hydrogen-bond donors (Lipinski definition) is 0. The van der Waals surface area contributed by atoms with Crippen molar-refractivity contribution in [1.82, 2.24) is 0 Å². The van der Waals surface area contributed by atoms with Crippen LogP contribution in [0.5, 0.6) is 5.75 Å². The fraction of sp³-hybridized carbons (Fsp3) is 0.0435. The Morgan fingerprint density at radius 1 is 0.964 bits per heavy atom. The molecule has 0 saturated carbocycles. The third-order valence-electron chi connectivity index (χ3n) is 3.96. The molecule has 3 rings (SSSR count). The number of Topliss-reactive ketones (excluding diaryl/α,β-unsaturated/α-hetero) is 1. The summed E-state index contributed by atoms with van der Waals surface area (Å²) in [5.41, 5.74) is 2.12. The Morgan fingerprint density at radius 3 is 2.46 bits per heavy atom. The van der Waals surface area contributed by atoms with E-state index >= 15 is 0 Å². The molecule has 0 fully saturated rings. The van der Waals surface area contributed by atoms with Gasteiger partial charge in [-0.15, -0.1) is 0 Å². The van der Waals surface area contributed by atoms with Gasteiger partial charge < -0.3 is 4.74 Å². The number of benzene rings is 3. The Kier molecular flexibility index (Phi) is 6.49. The first kappa shape index (κ1) is 19.7. The topological polar surface area (TPSA) is 50.1 Å². The monoisotopic (exact) mass is 407 g/mol. The van der Waals surface area contributed by atoms with Gasteiger partial charge in [0.2, 0.25) is 5.78 Å². The predicted octanol–water partition coefficient (Wildman–Crippen LogP) is 6.36. The number of nitrogens with zero attached hydrogens (tertiary/aromatic N) is 1. The van der Waals surface area contributed by atoms with E-state index in [1.165, 1.54) is 0 Å². The maximum atomic E-state index is 12.5. The highest BCUT2D eigenvalue weighted by atomic mass is 35.5. The van der Waals surface area contributed by atoms with Gasteiger partial charge in [0, 0.05) is 5.56 Å². The standard InChI is InChI=1S/C23H15Cl2NO2/c24-21-10-9-17(13-22(21)25)15-28-20-8-4-5-16(12-20)11-19(14-26)23(27)18-6-2-1-3-7-18/h1-13H,15H2/b19-11+. The van der Waals surface area contributed by atoms with E-state index in [-0.39, 0.29) is 11.4 Å². The van der Waals surface area contributed by atoms with Crippen molar-refractivity contribution in [2.75, 3.05) is 0 Å². The van der Waals surface area contributed by atoms with Crippen molar-refractivity contribution >= 4 is 35.1 Å². The summed E-state index contributed by atoms with van der Waals surface area (Å²) in [5.74, 6) is 0.300. The van der Waals surface area contributed by atoms with Crippen LogP contribution in [0.1, 0.15) is 21.5 Å². The lowest BCUT2D eigenvalue weighted by Gasteiger charge is -2.08. The number of carbonyl (C=O) groups is 1. The Hall–Kier alpha value is -3.06. The molecule has 138 valence electrons. The lowest BCUT2D eigenvalue weighted by Crippen LogP contribution is -2.01. The molecule has 0 radical (unpaired) electrons. The molecule has 0 spiro atoms. The van der Waals surface area contributed by atoms with Crippen LogP contribution in [0.15, 0.2) is 78.4 Å². The number of hydrogen-bond acceptors (Lipinski definition) is 3. The molecule has 0 bridgehead atoms. The summed E-state index contributed by atoms with van der Waals surface area (Å²) < 4.78 is 5.79. The first-order valence-electron chi connectivity index (χ1n) is 8.45. The Morgan fingerprint density at radius 2 is 1.75 bits per heavy atom. The van der Waals surface area contributed by atoms with Crippen LogP contribution < -0.4 is 4.74 Å². The highest BCUT2D eigenvalue weighted by Crippen LogP contribution is 2.24. The van der Waals surface area contributed by atoms with Gasteiger partial charge in [0.05, 0.1) is 10.0 Å². The molecule has 0 aromatic heterocycles. The Balaban J connectivity index is 1.76.